The fraction of sp³-hybridized carbons (Fsp3) is 0.111. The second kappa shape index (κ2) is 6.45. The quantitative estimate of drug-likeness (QED) is 0.772. The topological polar surface area (TPSA) is 84.6 Å². The number of para-hydroxylation sites is 2. The summed E-state index contributed by atoms with van der Waals surface area (Å²) in [5.74, 6) is 0.684. The molecule has 0 unspecified atom stereocenters. The predicted molar refractivity (Wildman–Crippen MR) is 89.6 cm³/mol. The van der Waals surface area contributed by atoms with Crippen molar-refractivity contribution in [3.8, 4) is 11.5 Å². The number of hydrogen-bond donors (Lipinski definition) is 2. The van der Waals surface area contributed by atoms with E-state index < -0.39 is 5.91 Å². The highest BCUT2D eigenvalue weighted by atomic mass is 16.5. The molecule has 3 rings (SSSR count). The van der Waals surface area contributed by atoms with Gasteiger partial charge >= 0.3 is 0 Å². The summed E-state index contributed by atoms with van der Waals surface area (Å²) in [7, 11) is 3.07. The third-order valence-electron chi connectivity index (χ3n) is 3.63. The minimum atomic E-state index is -0.446. The summed E-state index contributed by atoms with van der Waals surface area (Å²) < 4.78 is 15.8. The molecule has 0 spiro atoms. The van der Waals surface area contributed by atoms with Gasteiger partial charge < -0.3 is 19.2 Å². The lowest BCUT2D eigenvalue weighted by molar-refractivity contribution is 0.102. The first kappa shape index (κ1) is 15.6. The highest BCUT2D eigenvalue weighted by Gasteiger charge is 2.14. The van der Waals surface area contributed by atoms with Crippen LogP contribution in [-0.2, 0) is 0 Å². The van der Waals surface area contributed by atoms with Crippen molar-refractivity contribution in [3.63, 3.8) is 0 Å². The first-order valence-corrected chi connectivity index (χ1v) is 7.22. The van der Waals surface area contributed by atoms with Crippen LogP contribution in [0.3, 0.4) is 0 Å². The van der Waals surface area contributed by atoms with E-state index in [9.17, 15) is 4.79 Å². The smallest absolute Gasteiger partial charge is 0.261 e. The Labute approximate surface area is 138 Å². The van der Waals surface area contributed by atoms with Gasteiger partial charge in [-0.3, -0.25) is 10.2 Å². The zero-order valence-electron chi connectivity index (χ0n) is 13.3. The third-order valence-corrected chi connectivity index (χ3v) is 3.63. The molecule has 3 aromatic rings. The zero-order valence-corrected chi connectivity index (χ0v) is 13.3. The molecule has 0 atom stereocenters. The van der Waals surface area contributed by atoms with Crippen LogP contribution < -0.4 is 20.1 Å². The van der Waals surface area contributed by atoms with E-state index in [4.69, 9.17) is 19.3 Å². The van der Waals surface area contributed by atoms with Gasteiger partial charge in [0.15, 0.2) is 0 Å². The molecule has 6 nitrogen and oxygen atoms in total. The maximum Gasteiger partial charge on any atom is 0.261 e. The van der Waals surface area contributed by atoms with Crippen molar-refractivity contribution in [2.24, 2.45) is 0 Å². The number of benzene rings is 2. The largest absolute Gasteiger partial charge is 0.497 e. The van der Waals surface area contributed by atoms with Gasteiger partial charge in [0.1, 0.15) is 28.9 Å². The Hall–Kier alpha value is -3.28. The van der Waals surface area contributed by atoms with E-state index in [1.807, 2.05) is 6.07 Å². The van der Waals surface area contributed by atoms with Crippen molar-refractivity contribution in [3.05, 3.63) is 59.6 Å². The summed E-state index contributed by atoms with van der Waals surface area (Å²) in [6, 6.07) is 12.2. The van der Waals surface area contributed by atoms with E-state index in [1.54, 1.807) is 43.5 Å². The van der Waals surface area contributed by atoms with E-state index in [1.165, 1.54) is 13.4 Å². The van der Waals surface area contributed by atoms with Crippen molar-refractivity contribution in [2.75, 3.05) is 19.5 Å². The Kier molecular flexibility index (Phi) is 4.20. The van der Waals surface area contributed by atoms with Gasteiger partial charge in [0.2, 0.25) is 0 Å². The average Bonchev–Trinajstić information content (AvgIpc) is 2.62. The van der Waals surface area contributed by atoms with E-state index >= 15 is 0 Å². The molecule has 0 saturated heterocycles. The van der Waals surface area contributed by atoms with Crippen molar-refractivity contribution in [2.45, 2.75) is 0 Å². The van der Waals surface area contributed by atoms with Crippen LogP contribution in [0.4, 0.5) is 5.69 Å². The van der Waals surface area contributed by atoms with Crippen LogP contribution >= 0.6 is 0 Å². The summed E-state index contributed by atoms with van der Waals surface area (Å²) in [6.45, 7) is 0. The number of hydrogen-bond acceptors (Lipinski definition) is 5. The molecule has 6 heteroatoms. The standard InChI is InChI=1S/C18H16N2O4/c1-22-11-7-8-15-12(9-11)17(19)13(10-24-15)18(21)20-14-5-3-4-6-16(14)23-2/h3-10,19H,1-2H3,(H,20,21). The molecule has 0 aliphatic rings. The van der Waals surface area contributed by atoms with Crippen LogP contribution in [0.15, 0.2) is 53.1 Å². The van der Waals surface area contributed by atoms with Crippen LogP contribution in [0.25, 0.3) is 11.0 Å². The molecule has 1 aromatic heterocycles. The Bertz CT molecular complexity index is 963. The van der Waals surface area contributed by atoms with E-state index in [-0.39, 0.29) is 10.9 Å². The Morgan fingerprint density at radius 2 is 1.92 bits per heavy atom. The molecule has 1 amide bonds. The number of methoxy groups -OCH3 is 2. The molecule has 0 aliphatic carbocycles. The fourth-order valence-corrected chi connectivity index (χ4v) is 2.37. The number of rotatable bonds is 4. The summed E-state index contributed by atoms with van der Waals surface area (Å²) in [5.41, 5.74) is 1.16. The maximum absolute atomic E-state index is 12.5. The third kappa shape index (κ3) is 2.81. The Morgan fingerprint density at radius 3 is 2.67 bits per heavy atom. The summed E-state index contributed by atoms with van der Waals surface area (Å²) >= 11 is 0. The van der Waals surface area contributed by atoms with E-state index in [0.29, 0.717) is 28.2 Å². The van der Waals surface area contributed by atoms with Gasteiger partial charge in [-0.25, -0.2) is 0 Å². The van der Waals surface area contributed by atoms with Crippen LogP contribution in [0.5, 0.6) is 11.5 Å². The SMILES string of the molecule is COc1ccc2occ(C(=O)Nc3ccccc3OC)c(=N)c2c1. The van der Waals surface area contributed by atoms with Crippen LogP contribution in [0, 0.1) is 5.41 Å². The molecule has 122 valence electrons. The Balaban J connectivity index is 2.01. The van der Waals surface area contributed by atoms with Gasteiger partial charge in [-0.1, -0.05) is 12.1 Å². The van der Waals surface area contributed by atoms with Crippen LogP contribution in [-0.4, -0.2) is 20.1 Å². The molecular weight excluding hydrogens is 308 g/mol. The monoisotopic (exact) mass is 324 g/mol. The Morgan fingerprint density at radius 1 is 1.12 bits per heavy atom. The lowest BCUT2D eigenvalue weighted by atomic mass is 10.1. The molecule has 2 N–H and O–H groups in total. The molecule has 0 aliphatic heterocycles. The van der Waals surface area contributed by atoms with Crippen molar-refractivity contribution in [1.82, 2.24) is 0 Å². The highest BCUT2D eigenvalue weighted by Crippen LogP contribution is 2.24. The normalized spacial score (nSPS) is 10.4. The molecule has 24 heavy (non-hydrogen) atoms. The number of fused-ring (bicyclic) bond motifs is 1. The number of carbonyl (C=O) groups is 1. The fourth-order valence-electron chi connectivity index (χ4n) is 2.37. The van der Waals surface area contributed by atoms with Crippen molar-refractivity contribution >= 4 is 22.6 Å². The van der Waals surface area contributed by atoms with Gasteiger partial charge in [0.25, 0.3) is 5.91 Å². The molecule has 1 heterocycles. The molecule has 0 saturated carbocycles. The minimum Gasteiger partial charge on any atom is -0.497 e. The van der Waals surface area contributed by atoms with Gasteiger partial charge in [0, 0.05) is 5.39 Å². The number of amides is 1. The number of nitrogens with one attached hydrogen (secondary N) is 2. The highest BCUT2D eigenvalue weighted by molar-refractivity contribution is 6.05. The molecule has 0 bridgehead atoms. The summed E-state index contributed by atoms with van der Waals surface area (Å²) in [5, 5.41) is 11.6. The minimum absolute atomic E-state index is 0.0718. The lowest BCUT2D eigenvalue weighted by Crippen LogP contribution is -2.21. The van der Waals surface area contributed by atoms with Gasteiger partial charge in [-0.05, 0) is 30.3 Å². The maximum atomic E-state index is 12.5. The number of ether oxygens (including phenoxy) is 2. The number of anilines is 1. The second-order valence-corrected chi connectivity index (χ2v) is 5.04. The average molecular weight is 324 g/mol. The molecule has 0 fully saturated rings. The molecule has 0 radical (unpaired) electrons. The second-order valence-electron chi connectivity index (χ2n) is 5.04. The van der Waals surface area contributed by atoms with Crippen LogP contribution in [0.2, 0.25) is 0 Å². The van der Waals surface area contributed by atoms with Crippen molar-refractivity contribution in [1.29, 1.82) is 5.41 Å². The predicted octanol–water partition coefficient (Wildman–Crippen LogP) is 3.18. The van der Waals surface area contributed by atoms with E-state index in [2.05, 4.69) is 5.32 Å². The first-order valence-electron chi connectivity index (χ1n) is 7.22. The summed E-state index contributed by atoms with van der Waals surface area (Å²) in [6.07, 6.45) is 1.28. The molecule has 2 aromatic carbocycles. The zero-order chi connectivity index (χ0) is 17.1. The summed E-state index contributed by atoms with van der Waals surface area (Å²) in [4.78, 5) is 12.5. The molecular formula is C18H16N2O4. The first-order chi connectivity index (χ1) is 11.6. The van der Waals surface area contributed by atoms with Gasteiger partial charge in [0.05, 0.1) is 25.3 Å². The van der Waals surface area contributed by atoms with Gasteiger partial charge in [-0.15, -0.1) is 0 Å². The number of carbonyl (C=O) groups excluding carboxylic acids is 1. The van der Waals surface area contributed by atoms with Crippen LogP contribution in [0.1, 0.15) is 10.4 Å². The van der Waals surface area contributed by atoms with Crippen molar-refractivity contribution < 1.29 is 18.7 Å². The van der Waals surface area contributed by atoms with Gasteiger partial charge in [-0.2, -0.15) is 0 Å². The lowest BCUT2D eigenvalue weighted by Gasteiger charge is -2.10. The van der Waals surface area contributed by atoms with E-state index in [0.717, 1.165) is 0 Å².